The minimum atomic E-state index is -0.211. The summed E-state index contributed by atoms with van der Waals surface area (Å²) in [5, 5.41) is 12.6. The molecule has 0 radical (unpaired) electrons. The van der Waals surface area contributed by atoms with Crippen molar-refractivity contribution in [2.24, 2.45) is 0 Å². The number of likely N-dealkylation sites (tertiary alicyclic amines) is 1. The Morgan fingerprint density at radius 2 is 2.28 bits per heavy atom. The summed E-state index contributed by atoms with van der Waals surface area (Å²) in [5.41, 5.74) is 0.301. The lowest BCUT2D eigenvalue weighted by atomic mass is 10.2. The number of nitrogens with zero attached hydrogens (tertiary/aromatic N) is 2. The summed E-state index contributed by atoms with van der Waals surface area (Å²) in [6.45, 7) is 2.00. The fraction of sp³-hybridized carbons (Fsp3) is 0.538. The van der Waals surface area contributed by atoms with Gasteiger partial charge in [0.15, 0.2) is 0 Å². The summed E-state index contributed by atoms with van der Waals surface area (Å²) in [6, 6.07) is 2.49. The Morgan fingerprint density at radius 3 is 3.00 bits per heavy atom. The van der Waals surface area contributed by atoms with E-state index in [9.17, 15) is 9.90 Å². The van der Waals surface area contributed by atoms with Gasteiger partial charge in [-0.3, -0.25) is 14.7 Å². The van der Waals surface area contributed by atoms with Crippen LogP contribution in [0.3, 0.4) is 0 Å². The number of nitrogens with one attached hydrogen (secondary N) is 1. The Kier molecular flexibility index (Phi) is 2.91. The van der Waals surface area contributed by atoms with Crippen LogP contribution in [0.25, 0.3) is 0 Å². The molecule has 1 unspecified atom stereocenters. The van der Waals surface area contributed by atoms with Crippen LogP contribution in [0.15, 0.2) is 18.5 Å². The average molecular weight is 247 g/mol. The maximum absolute atomic E-state index is 12.0. The van der Waals surface area contributed by atoms with Gasteiger partial charge in [0.05, 0.1) is 11.8 Å². The van der Waals surface area contributed by atoms with Crippen LogP contribution in [0, 0.1) is 0 Å². The van der Waals surface area contributed by atoms with Gasteiger partial charge in [0.2, 0.25) is 0 Å². The highest BCUT2D eigenvalue weighted by Crippen LogP contribution is 2.29. The standard InChI is InChI=1S/C13H17N3O2/c17-12-7-14-5-3-11(12)13(18)15-9-4-6-16(8-9)10-1-2-10/h3,5,7,9-10,17H,1-2,4,6,8H2,(H,15,18). The summed E-state index contributed by atoms with van der Waals surface area (Å²) in [5.74, 6) is -0.274. The van der Waals surface area contributed by atoms with E-state index in [1.807, 2.05) is 0 Å². The lowest BCUT2D eigenvalue weighted by molar-refractivity contribution is 0.0934. The van der Waals surface area contributed by atoms with Crippen molar-refractivity contribution >= 4 is 5.91 Å². The molecule has 5 heteroatoms. The second kappa shape index (κ2) is 4.57. The number of aromatic nitrogens is 1. The highest BCUT2D eigenvalue weighted by molar-refractivity contribution is 5.96. The molecule has 0 aromatic carbocycles. The van der Waals surface area contributed by atoms with Crippen molar-refractivity contribution < 1.29 is 9.90 Å². The lowest BCUT2D eigenvalue weighted by Gasteiger charge is -2.16. The van der Waals surface area contributed by atoms with Crippen LogP contribution in [0.1, 0.15) is 29.6 Å². The molecule has 2 aliphatic rings. The minimum Gasteiger partial charge on any atom is -0.505 e. The molecule has 1 saturated heterocycles. The van der Waals surface area contributed by atoms with Gasteiger partial charge in [-0.05, 0) is 25.3 Å². The monoisotopic (exact) mass is 247 g/mol. The molecule has 96 valence electrons. The fourth-order valence-corrected chi connectivity index (χ4v) is 2.52. The zero-order valence-corrected chi connectivity index (χ0v) is 10.2. The molecule has 1 aromatic heterocycles. The first-order chi connectivity index (χ1) is 8.74. The third-order valence-electron chi connectivity index (χ3n) is 3.66. The fourth-order valence-electron chi connectivity index (χ4n) is 2.52. The molecule has 1 atom stereocenters. The molecule has 1 aliphatic heterocycles. The summed E-state index contributed by atoms with van der Waals surface area (Å²) < 4.78 is 0. The van der Waals surface area contributed by atoms with Gasteiger partial charge >= 0.3 is 0 Å². The highest BCUT2D eigenvalue weighted by Gasteiger charge is 2.34. The minimum absolute atomic E-state index is 0.0629. The summed E-state index contributed by atoms with van der Waals surface area (Å²) in [4.78, 5) is 18.2. The zero-order chi connectivity index (χ0) is 12.5. The first-order valence-electron chi connectivity index (χ1n) is 6.42. The molecule has 0 bridgehead atoms. The van der Waals surface area contributed by atoms with Crippen LogP contribution in [0.2, 0.25) is 0 Å². The number of hydrogen-bond acceptors (Lipinski definition) is 4. The van der Waals surface area contributed by atoms with E-state index in [1.165, 1.54) is 31.3 Å². The van der Waals surface area contributed by atoms with Gasteiger partial charge in [0.25, 0.3) is 5.91 Å². The van der Waals surface area contributed by atoms with Crippen LogP contribution < -0.4 is 5.32 Å². The maximum Gasteiger partial charge on any atom is 0.255 e. The third kappa shape index (κ3) is 2.31. The van der Waals surface area contributed by atoms with E-state index in [0.29, 0.717) is 5.56 Å². The summed E-state index contributed by atoms with van der Waals surface area (Å²) in [6.07, 6.45) is 6.39. The number of hydrogen-bond donors (Lipinski definition) is 2. The SMILES string of the molecule is O=C(NC1CCN(C2CC2)C1)c1ccncc1O. The Balaban J connectivity index is 1.60. The Hall–Kier alpha value is -1.62. The van der Waals surface area contributed by atoms with E-state index < -0.39 is 0 Å². The van der Waals surface area contributed by atoms with Crippen LogP contribution in [-0.4, -0.2) is 46.1 Å². The van der Waals surface area contributed by atoms with Crippen molar-refractivity contribution in [3.8, 4) is 5.75 Å². The van der Waals surface area contributed by atoms with Crippen molar-refractivity contribution in [2.45, 2.75) is 31.3 Å². The van der Waals surface area contributed by atoms with Gasteiger partial charge in [0.1, 0.15) is 5.75 Å². The summed E-state index contributed by atoms with van der Waals surface area (Å²) in [7, 11) is 0. The van der Waals surface area contributed by atoms with Crippen molar-refractivity contribution in [2.75, 3.05) is 13.1 Å². The van der Waals surface area contributed by atoms with E-state index in [4.69, 9.17) is 0 Å². The molecule has 2 N–H and O–H groups in total. The van der Waals surface area contributed by atoms with Crippen LogP contribution in [0.4, 0.5) is 0 Å². The van der Waals surface area contributed by atoms with E-state index in [0.717, 1.165) is 25.6 Å². The number of rotatable bonds is 3. The van der Waals surface area contributed by atoms with Gasteiger partial charge in [-0.15, -0.1) is 0 Å². The molecule has 2 heterocycles. The normalized spacial score (nSPS) is 24.1. The van der Waals surface area contributed by atoms with Crippen molar-refractivity contribution in [1.29, 1.82) is 0 Å². The van der Waals surface area contributed by atoms with Gasteiger partial charge in [-0.1, -0.05) is 0 Å². The molecule has 1 aliphatic carbocycles. The smallest absolute Gasteiger partial charge is 0.255 e. The number of pyridine rings is 1. The molecule has 3 rings (SSSR count). The first-order valence-corrected chi connectivity index (χ1v) is 6.42. The number of carbonyl (C=O) groups excluding carboxylic acids is 1. The second-order valence-electron chi connectivity index (χ2n) is 5.08. The van der Waals surface area contributed by atoms with Gasteiger partial charge in [0, 0.05) is 31.4 Å². The van der Waals surface area contributed by atoms with Crippen molar-refractivity contribution in [1.82, 2.24) is 15.2 Å². The largest absolute Gasteiger partial charge is 0.505 e. The first kappa shape index (κ1) is 11.5. The maximum atomic E-state index is 12.0. The highest BCUT2D eigenvalue weighted by atomic mass is 16.3. The summed E-state index contributed by atoms with van der Waals surface area (Å²) >= 11 is 0. The molecule has 1 saturated carbocycles. The molecule has 18 heavy (non-hydrogen) atoms. The van der Waals surface area contributed by atoms with Gasteiger partial charge in [-0.25, -0.2) is 0 Å². The molecule has 5 nitrogen and oxygen atoms in total. The van der Waals surface area contributed by atoms with Crippen LogP contribution >= 0.6 is 0 Å². The van der Waals surface area contributed by atoms with E-state index in [1.54, 1.807) is 0 Å². The molecular weight excluding hydrogens is 230 g/mol. The Labute approximate surface area is 106 Å². The lowest BCUT2D eigenvalue weighted by Crippen LogP contribution is -2.37. The predicted octanol–water partition coefficient (Wildman–Crippen LogP) is 0.754. The van der Waals surface area contributed by atoms with Gasteiger partial charge < -0.3 is 10.4 Å². The Morgan fingerprint density at radius 1 is 1.44 bits per heavy atom. The second-order valence-corrected chi connectivity index (χ2v) is 5.08. The van der Waals surface area contributed by atoms with Gasteiger partial charge in [-0.2, -0.15) is 0 Å². The number of carbonyl (C=O) groups is 1. The van der Waals surface area contributed by atoms with E-state index >= 15 is 0 Å². The van der Waals surface area contributed by atoms with Crippen LogP contribution in [0.5, 0.6) is 5.75 Å². The van der Waals surface area contributed by atoms with E-state index in [2.05, 4.69) is 15.2 Å². The van der Waals surface area contributed by atoms with E-state index in [-0.39, 0.29) is 17.7 Å². The number of aromatic hydroxyl groups is 1. The number of amides is 1. The Bertz CT molecular complexity index is 459. The third-order valence-corrected chi connectivity index (χ3v) is 3.66. The molecule has 0 spiro atoms. The molecule has 2 fully saturated rings. The van der Waals surface area contributed by atoms with Crippen LogP contribution in [-0.2, 0) is 0 Å². The average Bonchev–Trinajstić information content (AvgIpc) is 3.11. The topological polar surface area (TPSA) is 65.5 Å². The zero-order valence-electron chi connectivity index (χ0n) is 10.2. The van der Waals surface area contributed by atoms with Crippen molar-refractivity contribution in [3.05, 3.63) is 24.0 Å². The molecule has 1 amide bonds. The van der Waals surface area contributed by atoms with Crippen molar-refractivity contribution in [3.63, 3.8) is 0 Å². The quantitative estimate of drug-likeness (QED) is 0.827. The molecular formula is C13H17N3O2. The predicted molar refractivity (Wildman–Crippen MR) is 66.4 cm³/mol. The molecule has 1 aromatic rings.